The second-order valence-corrected chi connectivity index (χ2v) is 12.5. The Bertz CT molecular complexity index is 737. The molecule has 0 saturated carbocycles. The van der Waals surface area contributed by atoms with Gasteiger partial charge in [0.15, 0.2) is 5.69 Å². The second-order valence-electron chi connectivity index (χ2n) is 6.84. The molecular weight excluding hydrogens is 338 g/mol. The normalized spacial score (nSPS) is 12.0. The Balaban J connectivity index is 1.91. The van der Waals surface area contributed by atoms with Gasteiger partial charge in [0.25, 0.3) is 0 Å². The Morgan fingerprint density at radius 1 is 1.40 bits per heavy atom. The van der Waals surface area contributed by atoms with Crippen LogP contribution < -0.4 is 0 Å². The minimum absolute atomic E-state index is 0.122. The number of aromatic amines is 1. The molecule has 2 aromatic rings. The highest BCUT2D eigenvalue weighted by Gasteiger charge is 2.16. The van der Waals surface area contributed by atoms with Crippen molar-refractivity contribution in [1.82, 2.24) is 9.97 Å². The van der Waals surface area contributed by atoms with Crippen molar-refractivity contribution in [3.63, 3.8) is 0 Å². The van der Waals surface area contributed by atoms with Gasteiger partial charge in [-0.3, -0.25) is 0 Å². The molecule has 0 radical (unpaired) electrons. The van der Waals surface area contributed by atoms with Crippen LogP contribution in [0, 0.1) is 0 Å². The zero-order chi connectivity index (χ0) is 18.3. The number of ether oxygens (including phenoxy) is 2. The minimum atomic E-state index is -1.09. The molecule has 0 aromatic carbocycles. The molecule has 0 atom stereocenters. The van der Waals surface area contributed by atoms with E-state index in [0.717, 1.165) is 22.5 Å². The first-order valence-electron chi connectivity index (χ1n) is 8.17. The van der Waals surface area contributed by atoms with Crippen molar-refractivity contribution in [2.75, 3.05) is 20.5 Å². The summed E-state index contributed by atoms with van der Waals surface area (Å²) in [5.41, 5.74) is 1.89. The SMILES string of the molecule is COC(=O)c1ncc2[nH]ccc2c1C/C=N/OCOCC[Si](C)(C)C. The van der Waals surface area contributed by atoms with Gasteiger partial charge < -0.3 is 19.3 Å². The van der Waals surface area contributed by atoms with E-state index in [1.165, 1.54) is 7.11 Å². The number of oxime groups is 1. The number of fused-ring (bicyclic) bond motifs is 1. The van der Waals surface area contributed by atoms with Crippen molar-refractivity contribution < 1.29 is 19.1 Å². The number of esters is 1. The molecule has 0 unspecified atom stereocenters. The maximum atomic E-state index is 11.9. The zero-order valence-electron chi connectivity index (χ0n) is 15.2. The summed E-state index contributed by atoms with van der Waals surface area (Å²) >= 11 is 0. The van der Waals surface area contributed by atoms with Crippen LogP contribution in [0.3, 0.4) is 0 Å². The lowest BCUT2D eigenvalue weighted by molar-refractivity contribution is -0.0473. The summed E-state index contributed by atoms with van der Waals surface area (Å²) in [6.07, 6.45) is 5.42. The highest BCUT2D eigenvalue weighted by Crippen LogP contribution is 2.20. The van der Waals surface area contributed by atoms with Crippen LogP contribution in [-0.4, -0.2) is 50.7 Å². The van der Waals surface area contributed by atoms with E-state index in [1.807, 2.05) is 6.07 Å². The van der Waals surface area contributed by atoms with Crippen molar-refractivity contribution in [3.8, 4) is 0 Å². The van der Waals surface area contributed by atoms with Crippen molar-refractivity contribution in [2.45, 2.75) is 32.1 Å². The topological polar surface area (TPSA) is 85.8 Å². The second kappa shape index (κ2) is 8.77. The molecule has 1 N–H and O–H groups in total. The Morgan fingerprint density at radius 2 is 2.20 bits per heavy atom. The third-order valence-electron chi connectivity index (χ3n) is 3.67. The number of hydrogen-bond donors (Lipinski definition) is 1. The van der Waals surface area contributed by atoms with Gasteiger partial charge in [0.05, 0.1) is 18.8 Å². The van der Waals surface area contributed by atoms with Crippen LogP contribution in [-0.2, 0) is 20.7 Å². The lowest BCUT2D eigenvalue weighted by Crippen LogP contribution is -2.21. The van der Waals surface area contributed by atoms with Crippen molar-refractivity contribution in [1.29, 1.82) is 0 Å². The van der Waals surface area contributed by atoms with Crippen LogP contribution in [0.25, 0.3) is 10.9 Å². The Labute approximate surface area is 148 Å². The van der Waals surface area contributed by atoms with Crippen molar-refractivity contribution >= 4 is 31.2 Å². The van der Waals surface area contributed by atoms with E-state index in [9.17, 15) is 4.79 Å². The fraction of sp³-hybridized carbons (Fsp3) is 0.471. The number of carbonyl (C=O) groups is 1. The Hall–Kier alpha value is -2.19. The summed E-state index contributed by atoms with van der Waals surface area (Å²) in [4.78, 5) is 24.3. The first-order chi connectivity index (χ1) is 11.9. The standard InChI is InChI=1S/C17H25N3O4Si/c1-22-17(21)16-14(13-5-7-18-15(13)11-19-16)6-8-20-24-12-23-9-10-25(2,3)4/h5,7-8,11,18H,6,9-10,12H2,1-4H3/b20-8+. The first-order valence-corrected chi connectivity index (χ1v) is 11.9. The smallest absolute Gasteiger partial charge is 0.356 e. The van der Waals surface area contributed by atoms with Gasteiger partial charge >= 0.3 is 5.97 Å². The van der Waals surface area contributed by atoms with E-state index in [4.69, 9.17) is 14.3 Å². The quantitative estimate of drug-likeness (QED) is 0.185. The summed E-state index contributed by atoms with van der Waals surface area (Å²) in [6, 6.07) is 2.98. The maximum Gasteiger partial charge on any atom is 0.356 e. The maximum absolute atomic E-state index is 11.9. The molecule has 7 nitrogen and oxygen atoms in total. The molecule has 136 valence electrons. The number of aromatic nitrogens is 2. The van der Waals surface area contributed by atoms with E-state index < -0.39 is 14.0 Å². The van der Waals surface area contributed by atoms with Gasteiger partial charge in [0, 0.05) is 44.5 Å². The lowest BCUT2D eigenvalue weighted by Gasteiger charge is -2.14. The molecule has 0 bridgehead atoms. The molecule has 2 aromatic heterocycles. The number of methoxy groups -OCH3 is 1. The number of nitrogens with zero attached hydrogens (tertiary/aromatic N) is 2. The van der Waals surface area contributed by atoms with E-state index in [-0.39, 0.29) is 12.5 Å². The molecule has 0 saturated heterocycles. The third kappa shape index (κ3) is 5.68. The van der Waals surface area contributed by atoms with Crippen molar-refractivity contribution in [2.24, 2.45) is 5.16 Å². The van der Waals surface area contributed by atoms with Gasteiger partial charge in [-0.25, -0.2) is 9.78 Å². The molecule has 0 fully saturated rings. The summed E-state index contributed by atoms with van der Waals surface area (Å²) in [6.45, 7) is 7.69. The molecule has 0 amide bonds. The Morgan fingerprint density at radius 3 is 2.92 bits per heavy atom. The third-order valence-corrected chi connectivity index (χ3v) is 5.37. The molecule has 0 spiro atoms. The average Bonchev–Trinajstić information content (AvgIpc) is 3.04. The van der Waals surface area contributed by atoms with Crippen LogP contribution in [0.15, 0.2) is 23.6 Å². The predicted octanol–water partition coefficient (Wildman–Crippen LogP) is 3.21. The summed E-state index contributed by atoms with van der Waals surface area (Å²) < 4.78 is 10.2. The number of rotatable bonds is 9. The van der Waals surface area contributed by atoms with Crippen LogP contribution in [0.1, 0.15) is 16.1 Å². The van der Waals surface area contributed by atoms with Gasteiger partial charge in [-0.2, -0.15) is 0 Å². The van der Waals surface area contributed by atoms with Gasteiger partial charge in [-0.1, -0.05) is 24.8 Å². The molecule has 2 rings (SSSR count). The molecule has 0 aliphatic rings. The number of nitrogens with one attached hydrogen (secondary N) is 1. The van der Waals surface area contributed by atoms with E-state index >= 15 is 0 Å². The number of pyridine rings is 1. The van der Waals surface area contributed by atoms with Gasteiger partial charge in [0.1, 0.15) is 0 Å². The van der Waals surface area contributed by atoms with Crippen LogP contribution >= 0.6 is 0 Å². The number of H-pyrrole nitrogens is 1. The minimum Gasteiger partial charge on any atom is -0.464 e. The molecule has 0 aliphatic heterocycles. The van der Waals surface area contributed by atoms with Gasteiger partial charge in [-0.05, 0) is 12.1 Å². The molecule has 2 heterocycles. The monoisotopic (exact) mass is 363 g/mol. The van der Waals surface area contributed by atoms with E-state index in [1.54, 1.807) is 18.6 Å². The summed E-state index contributed by atoms with van der Waals surface area (Å²) in [5, 5.41) is 4.80. The van der Waals surface area contributed by atoms with Gasteiger partial charge in [-0.15, -0.1) is 0 Å². The summed E-state index contributed by atoms with van der Waals surface area (Å²) in [7, 11) is 0.248. The largest absolute Gasteiger partial charge is 0.464 e. The number of hydrogen-bond acceptors (Lipinski definition) is 6. The lowest BCUT2D eigenvalue weighted by atomic mass is 10.1. The molecule has 0 aliphatic carbocycles. The molecule has 25 heavy (non-hydrogen) atoms. The van der Waals surface area contributed by atoms with E-state index in [0.29, 0.717) is 13.0 Å². The Kier molecular flexibility index (Phi) is 6.71. The molecular formula is C17H25N3O4Si. The summed E-state index contributed by atoms with van der Waals surface area (Å²) in [5.74, 6) is -0.470. The predicted molar refractivity (Wildman–Crippen MR) is 99.7 cm³/mol. The van der Waals surface area contributed by atoms with Crippen LogP contribution in [0.4, 0.5) is 0 Å². The number of carbonyl (C=O) groups excluding carboxylic acids is 1. The first kappa shape index (κ1) is 19.1. The van der Waals surface area contributed by atoms with Gasteiger partial charge in [0.2, 0.25) is 6.79 Å². The highest BCUT2D eigenvalue weighted by molar-refractivity contribution is 6.76. The fourth-order valence-electron chi connectivity index (χ4n) is 2.25. The highest BCUT2D eigenvalue weighted by atomic mass is 28.3. The molecule has 8 heteroatoms. The van der Waals surface area contributed by atoms with Crippen LogP contribution in [0.5, 0.6) is 0 Å². The average molecular weight is 363 g/mol. The van der Waals surface area contributed by atoms with Crippen molar-refractivity contribution in [3.05, 3.63) is 29.7 Å². The zero-order valence-corrected chi connectivity index (χ0v) is 16.2. The fourth-order valence-corrected chi connectivity index (χ4v) is 3.01. The van der Waals surface area contributed by atoms with Crippen LogP contribution in [0.2, 0.25) is 25.7 Å². The van der Waals surface area contributed by atoms with E-state index in [2.05, 4.69) is 34.8 Å².